The number of ether oxygens (including phenoxy) is 1. The molecule has 198 valence electrons. The summed E-state index contributed by atoms with van der Waals surface area (Å²) in [4.78, 5) is 38.4. The largest absolute Gasteiger partial charge is 0.465 e. The Labute approximate surface area is 225 Å². The minimum Gasteiger partial charge on any atom is -0.465 e. The number of rotatable bonds is 6. The van der Waals surface area contributed by atoms with E-state index in [1.165, 1.54) is 41.1 Å². The molecule has 0 saturated heterocycles. The van der Waals surface area contributed by atoms with Gasteiger partial charge in [-0.05, 0) is 60.3 Å². The van der Waals surface area contributed by atoms with Gasteiger partial charge in [-0.1, -0.05) is 11.6 Å². The summed E-state index contributed by atoms with van der Waals surface area (Å²) in [6, 6.07) is 8.53. The molecule has 2 amide bonds. The lowest BCUT2D eigenvalue weighted by Gasteiger charge is -2.16. The van der Waals surface area contributed by atoms with Crippen molar-refractivity contribution in [1.82, 2.24) is 9.29 Å². The first-order chi connectivity index (χ1) is 17.9. The van der Waals surface area contributed by atoms with Gasteiger partial charge >= 0.3 is 12.0 Å². The summed E-state index contributed by atoms with van der Waals surface area (Å²) in [6.07, 6.45) is 1.47. The number of aryl methyl sites for hydroxylation is 1. The molecule has 2 aromatic heterocycles. The lowest BCUT2D eigenvalue weighted by molar-refractivity contribution is 0.0601. The van der Waals surface area contributed by atoms with Crippen molar-refractivity contribution in [3.63, 3.8) is 0 Å². The third-order valence-corrected chi connectivity index (χ3v) is 8.60. The van der Waals surface area contributed by atoms with E-state index in [0.29, 0.717) is 10.9 Å². The zero-order chi connectivity index (χ0) is 27.8. The van der Waals surface area contributed by atoms with E-state index in [2.05, 4.69) is 10.6 Å². The van der Waals surface area contributed by atoms with Crippen molar-refractivity contribution in [2.45, 2.75) is 11.1 Å². The molecular formula is C24H20ClFN4O6S2. The average molecular weight is 579 g/mol. The number of methoxy groups -OCH3 is 1. The lowest BCUT2D eigenvalue weighted by Crippen LogP contribution is -2.34. The van der Waals surface area contributed by atoms with Crippen molar-refractivity contribution in [3.8, 4) is 5.69 Å². The highest BCUT2D eigenvalue weighted by Crippen LogP contribution is 2.28. The number of nitrogens with one attached hydrogen (secondary N) is 3. The molecule has 2 heterocycles. The summed E-state index contributed by atoms with van der Waals surface area (Å²) >= 11 is 6.55. The van der Waals surface area contributed by atoms with Crippen LogP contribution in [0.1, 0.15) is 15.9 Å². The molecule has 0 bridgehead atoms. The first kappa shape index (κ1) is 27.1. The highest BCUT2D eigenvalue weighted by molar-refractivity contribution is 7.92. The van der Waals surface area contributed by atoms with Crippen LogP contribution in [0.4, 0.5) is 20.6 Å². The second-order valence-electron chi connectivity index (χ2n) is 7.96. The number of halogens is 2. The molecule has 0 aliphatic carbocycles. The van der Waals surface area contributed by atoms with Crippen LogP contribution in [-0.2, 0) is 14.8 Å². The molecular weight excluding hydrogens is 559 g/mol. The van der Waals surface area contributed by atoms with Crippen LogP contribution >= 0.6 is 22.9 Å². The van der Waals surface area contributed by atoms with Gasteiger partial charge < -0.3 is 15.4 Å². The van der Waals surface area contributed by atoms with Gasteiger partial charge in [0.15, 0.2) is 0 Å². The van der Waals surface area contributed by atoms with Crippen LogP contribution in [0.25, 0.3) is 16.5 Å². The maximum atomic E-state index is 14.3. The predicted molar refractivity (Wildman–Crippen MR) is 144 cm³/mol. The van der Waals surface area contributed by atoms with Gasteiger partial charge in [-0.2, -0.15) is 0 Å². The molecule has 0 fully saturated rings. The van der Waals surface area contributed by atoms with Gasteiger partial charge in [0, 0.05) is 18.9 Å². The summed E-state index contributed by atoms with van der Waals surface area (Å²) in [5, 5.41) is 5.70. The topological polar surface area (TPSA) is 136 Å². The SMILES string of the molecule is CNc1cc2ccn(-c3cc(C)c(NC(=O)NS(=O)(=O)c4ccc(Cl)s4)c(C(=O)OC)c3)c(=O)c2cc1F. The number of benzene rings is 2. The zero-order valence-electron chi connectivity index (χ0n) is 20.1. The highest BCUT2D eigenvalue weighted by atomic mass is 35.5. The maximum absolute atomic E-state index is 14.3. The van der Waals surface area contributed by atoms with Crippen molar-refractivity contribution in [3.05, 3.63) is 80.3 Å². The lowest BCUT2D eigenvalue weighted by atomic mass is 10.1. The number of urea groups is 1. The fraction of sp³-hybridized carbons (Fsp3) is 0.125. The van der Waals surface area contributed by atoms with Crippen molar-refractivity contribution >= 4 is 67.1 Å². The van der Waals surface area contributed by atoms with Gasteiger partial charge in [0.2, 0.25) is 0 Å². The number of carbonyl (C=O) groups is 2. The van der Waals surface area contributed by atoms with E-state index < -0.39 is 33.4 Å². The van der Waals surface area contributed by atoms with E-state index in [-0.39, 0.29) is 36.6 Å². The molecule has 10 nitrogen and oxygen atoms in total. The average Bonchev–Trinajstić information content (AvgIpc) is 3.32. The first-order valence-corrected chi connectivity index (χ1v) is 13.5. The second-order valence-corrected chi connectivity index (χ2v) is 11.6. The number of nitrogens with zero attached hydrogens (tertiary/aromatic N) is 1. The Bertz CT molecular complexity index is 1770. The number of hydrogen-bond donors (Lipinski definition) is 3. The molecule has 0 radical (unpaired) electrons. The molecule has 0 atom stereocenters. The number of aromatic nitrogens is 1. The normalized spacial score (nSPS) is 11.3. The molecule has 2 aromatic carbocycles. The summed E-state index contributed by atoms with van der Waals surface area (Å²) in [5.41, 5.74) is 0.0711. The van der Waals surface area contributed by atoms with Gasteiger partial charge in [0.05, 0.1) is 33.8 Å². The van der Waals surface area contributed by atoms with Crippen LogP contribution in [0, 0.1) is 12.7 Å². The Morgan fingerprint density at radius 3 is 2.50 bits per heavy atom. The van der Waals surface area contributed by atoms with E-state index in [1.807, 2.05) is 4.72 Å². The Balaban J connectivity index is 1.74. The molecule has 0 saturated carbocycles. The van der Waals surface area contributed by atoms with E-state index >= 15 is 0 Å². The monoisotopic (exact) mass is 578 g/mol. The minimum absolute atomic E-state index is 0.0314. The molecule has 3 N–H and O–H groups in total. The number of amides is 2. The fourth-order valence-corrected chi connectivity index (χ4v) is 6.15. The van der Waals surface area contributed by atoms with Gasteiger partial charge in [-0.25, -0.2) is 27.1 Å². The summed E-state index contributed by atoms with van der Waals surface area (Å²) in [6.45, 7) is 1.55. The number of hydrogen-bond acceptors (Lipinski definition) is 8. The maximum Gasteiger partial charge on any atom is 0.340 e. The van der Waals surface area contributed by atoms with E-state index in [4.69, 9.17) is 16.3 Å². The molecule has 4 aromatic rings. The molecule has 0 aliphatic heterocycles. The summed E-state index contributed by atoms with van der Waals surface area (Å²) in [5.74, 6) is -1.46. The molecule has 0 spiro atoms. The van der Waals surface area contributed by atoms with Crippen molar-refractivity contribution in [1.29, 1.82) is 0 Å². The summed E-state index contributed by atoms with van der Waals surface area (Å²) < 4.78 is 47.3. The van der Waals surface area contributed by atoms with E-state index in [9.17, 15) is 27.2 Å². The van der Waals surface area contributed by atoms with Crippen LogP contribution in [0.3, 0.4) is 0 Å². The zero-order valence-corrected chi connectivity index (χ0v) is 22.5. The molecule has 0 aliphatic rings. The van der Waals surface area contributed by atoms with Crippen LogP contribution in [-0.4, -0.2) is 39.1 Å². The molecule has 14 heteroatoms. The smallest absolute Gasteiger partial charge is 0.340 e. The van der Waals surface area contributed by atoms with Crippen LogP contribution in [0.5, 0.6) is 0 Å². The number of fused-ring (bicyclic) bond motifs is 1. The number of carbonyl (C=O) groups excluding carboxylic acids is 2. The first-order valence-electron chi connectivity index (χ1n) is 10.8. The Hall–Kier alpha value is -3.94. The van der Waals surface area contributed by atoms with Crippen LogP contribution in [0.15, 0.2) is 57.7 Å². The van der Waals surface area contributed by atoms with E-state index in [0.717, 1.165) is 24.5 Å². The van der Waals surface area contributed by atoms with Crippen molar-refractivity contribution in [2.75, 3.05) is 24.8 Å². The second kappa shape index (κ2) is 10.4. The third-order valence-electron chi connectivity index (χ3n) is 5.54. The quantitative estimate of drug-likeness (QED) is 0.287. The van der Waals surface area contributed by atoms with Gasteiger partial charge in [-0.15, -0.1) is 11.3 Å². The standard InChI is InChI=1S/C24H20ClFN4O6S2/c1-12-8-14(30-7-6-13-9-18(27-2)17(26)11-15(13)22(30)31)10-16(23(32)36-3)21(12)28-24(33)29-38(34,35)20-5-4-19(25)37-20/h4-11,27H,1-3H3,(H2,28,29,33). The van der Waals surface area contributed by atoms with Gasteiger partial charge in [0.1, 0.15) is 10.0 Å². The molecule has 0 unspecified atom stereocenters. The number of sulfonamides is 1. The fourth-order valence-electron chi connectivity index (χ4n) is 3.76. The van der Waals surface area contributed by atoms with Crippen LogP contribution in [0.2, 0.25) is 4.34 Å². The molecule has 4 rings (SSSR count). The van der Waals surface area contributed by atoms with Gasteiger partial charge in [0.25, 0.3) is 15.6 Å². The van der Waals surface area contributed by atoms with Crippen LogP contribution < -0.4 is 20.9 Å². The minimum atomic E-state index is -4.22. The Morgan fingerprint density at radius 2 is 1.87 bits per heavy atom. The number of pyridine rings is 1. The number of anilines is 2. The third kappa shape index (κ3) is 5.21. The van der Waals surface area contributed by atoms with E-state index in [1.54, 1.807) is 20.0 Å². The number of thiophene rings is 1. The number of esters is 1. The molecule has 38 heavy (non-hydrogen) atoms. The summed E-state index contributed by atoms with van der Waals surface area (Å²) in [7, 11) is -1.53. The Kier molecular flexibility index (Phi) is 7.44. The predicted octanol–water partition coefficient (Wildman–Crippen LogP) is 4.49. The van der Waals surface area contributed by atoms with Crippen molar-refractivity contribution < 1.29 is 27.1 Å². The van der Waals surface area contributed by atoms with Gasteiger partial charge in [-0.3, -0.25) is 9.36 Å². The Morgan fingerprint density at radius 1 is 1.13 bits per heavy atom. The highest BCUT2D eigenvalue weighted by Gasteiger charge is 2.23. The van der Waals surface area contributed by atoms with Crippen molar-refractivity contribution in [2.24, 2.45) is 0 Å².